The van der Waals surface area contributed by atoms with Gasteiger partial charge in [-0.2, -0.15) is 0 Å². The van der Waals surface area contributed by atoms with Crippen LogP contribution in [0.4, 0.5) is 0 Å². The van der Waals surface area contributed by atoms with Gasteiger partial charge in [-0.15, -0.1) is 0 Å². The third kappa shape index (κ3) is 2.17. The van der Waals surface area contributed by atoms with Crippen molar-refractivity contribution in [2.24, 2.45) is 0 Å². The molecule has 86 valence electrons. The maximum Gasteiger partial charge on any atom is 0.210 e. The first-order chi connectivity index (χ1) is 7.85. The van der Waals surface area contributed by atoms with Crippen molar-refractivity contribution in [1.29, 1.82) is 0 Å². The zero-order valence-electron chi connectivity index (χ0n) is 9.35. The molecule has 0 bridgehead atoms. The fraction of sp³-hybridized carbons (Fsp3) is 0.417. The van der Waals surface area contributed by atoms with Crippen molar-refractivity contribution < 1.29 is 9.53 Å². The Bertz CT molecular complexity index is 368. The van der Waals surface area contributed by atoms with Gasteiger partial charge in [-0.05, 0) is 17.7 Å². The highest BCUT2D eigenvalue weighted by atomic mass is 16.5. The van der Waals surface area contributed by atoms with Crippen LogP contribution in [0.25, 0.3) is 0 Å². The molecular formula is C12H16N2O2. The Balaban J connectivity index is 2.23. The lowest BCUT2D eigenvalue weighted by Gasteiger charge is -2.33. The van der Waals surface area contributed by atoms with Gasteiger partial charge in [0.05, 0.1) is 13.2 Å². The lowest BCUT2D eigenvalue weighted by molar-refractivity contribution is -0.121. The van der Waals surface area contributed by atoms with E-state index in [2.05, 4.69) is 5.32 Å². The Morgan fingerprint density at radius 3 is 3.19 bits per heavy atom. The van der Waals surface area contributed by atoms with Crippen LogP contribution in [0.15, 0.2) is 24.3 Å². The van der Waals surface area contributed by atoms with E-state index in [1.165, 1.54) is 0 Å². The molecule has 2 rings (SSSR count). The number of hydrogen-bond donors (Lipinski definition) is 1. The molecule has 16 heavy (non-hydrogen) atoms. The molecule has 0 aromatic heterocycles. The van der Waals surface area contributed by atoms with Gasteiger partial charge >= 0.3 is 0 Å². The van der Waals surface area contributed by atoms with Crippen LogP contribution in [0.2, 0.25) is 0 Å². The summed E-state index contributed by atoms with van der Waals surface area (Å²) in [7, 11) is 1.65. The first-order valence-electron chi connectivity index (χ1n) is 5.41. The van der Waals surface area contributed by atoms with Crippen LogP contribution in [0.1, 0.15) is 11.6 Å². The van der Waals surface area contributed by atoms with E-state index in [4.69, 9.17) is 4.74 Å². The Hall–Kier alpha value is -1.55. The van der Waals surface area contributed by atoms with E-state index in [0.29, 0.717) is 0 Å². The van der Waals surface area contributed by atoms with Crippen molar-refractivity contribution in [2.75, 3.05) is 26.7 Å². The van der Waals surface area contributed by atoms with E-state index < -0.39 is 0 Å². The van der Waals surface area contributed by atoms with Gasteiger partial charge in [0.1, 0.15) is 5.75 Å². The average molecular weight is 220 g/mol. The fourth-order valence-electron chi connectivity index (χ4n) is 2.00. The minimum absolute atomic E-state index is 0.112. The first-order valence-corrected chi connectivity index (χ1v) is 5.41. The highest BCUT2D eigenvalue weighted by molar-refractivity contribution is 5.49. The summed E-state index contributed by atoms with van der Waals surface area (Å²) in [6, 6.07) is 7.98. The van der Waals surface area contributed by atoms with Crippen molar-refractivity contribution in [3.63, 3.8) is 0 Å². The van der Waals surface area contributed by atoms with Gasteiger partial charge < -0.3 is 15.0 Å². The summed E-state index contributed by atoms with van der Waals surface area (Å²) in [6.45, 7) is 2.41. The monoisotopic (exact) mass is 220 g/mol. The number of ether oxygens (including phenoxy) is 1. The van der Waals surface area contributed by atoms with Crippen LogP contribution < -0.4 is 10.1 Å². The summed E-state index contributed by atoms with van der Waals surface area (Å²) >= 11 is 0. The molecule has 1 atom stereocenters. The molecule has 0 radical (unpaired) electrons. The minimum Gasteiger partial charge on any atom is -0.497 e. The normalized spacial score (nSPS) is 20.6. The predicted octanol–water partition coefficient (Wildman–Crippen LogP) is 0.798. The highest BCUT2D eigenvalue weighted by Gasteiger charge is 2.22. The summed E-state index contributed by atoms with van der Waals surface area (Å²) < 4.78 is 5.19. The second-order valence-electron chi connectivity index (χ2n) is 3.84. The number of carbonyl (C=O) groups excluding carboxylic acids is 1. The molecule has 1 amide bonds. The van der Waals surface area contributed by atoms with E-state index in [1.807, 2.05) is 29.2 Å². The number of methoxy groups -OCH3 is 1. The summed E-state index contributed by atoms with van der Waals surface area (Å²) in [6.07, 6.45) is 0.922. The van der Waals surface area contributed by atoms with Gasteiger partial charge in [0.25, 0.3) is 0 Å². The molecule has 0 saturated carbocycles. The maximum absolute atomic E-state index is 11.0. The number of hydrogen-bond acceptors (Lipinski definition) is 3. The van der Waals surface area contributed by atoms with Gasteiger partial charge in [-0.25, -0.2) is 0 Å². The molecule has 1 heterocycles. The van der Waals surface area contributed by atoms with Crippen LogP contribution in [0, 0.1) is 0 Å². The Morgan fingerprint density at radius 1 is 1.56 bits per heavy atom. The Labute approximate surface area is 95.2 Å². The summed E-state index contributed by atoms with van der Waals surface area (Å²) in [5.41, 5.74) is 1.11. The number of amides is 1. The molecule has 1 saturated heterocycles. The van der Waals surface area contributed by atoms with E-state index in [-0.39, 0.29) is 6.04 Å². The molecule has 1 aliphatic heterocycles. The van der Waals surface area contributed by atoms with E-state index in [9.17, 15) is 4.79 Å². The first kappa shape index (κ1) is 11.0. The Kier molecular flexibility index (Phi) is 3.41. The fourth-order valence-corrected chi connectivity index (χ4v) is 2.00. The van der Waals surface area contributed by atoms with Crippen LogP contribution in [0.3, 0.4) is 0 Å². The SMILES string of the molecule is COc1cccc(C2CNCCN2C=O)c1. The van der Waals surface area contributed by atoms with Gasteiger partial charge in [0.2, 0.25) is 6.41 Å². The summed E-state index contributed by atoms with van der Waals surface area (Å²) in [5, 5.41) is 3.29. The predicted molar refractivity (Wildman–Crippen MR) is 61.4 cm³/mol. The number of nitrogens with one attached hydrogen (secondary N) is 1. The molecule has 1 aliphatic rings. The second-order valence-corrected chi connectivity index (χ2v) is 3.84. The topological polar surface area (TPSA) is 41.6 Å². The summed E-state index contributed by atoms with van der Waals surface area (Å²) in [5.74, 6) is 0.828. The second kappa shape index (κ2) is 4.99. The van der Waals surface area contributed by atoms with E-state index in [0.717, 1.165) is 37.4 Å². The number of rotatable bonds is 3. The van der Waals surface area contributed by atoms with Gasteiger partial charge in [-0.1, -0.05) is 12.1 Å². The van der Waals surface area contributed by atoms with Crippen LogP contribution in [-0.4, -0.2) is 38.1 Å². The lowest BCUT2D eigenvalue weighted by Crippen LogP contribution is -2.45. The van der Waals surface area contributed by atoms with Gasteiger partial charge in [0.15, 0.2) is 0 Å². The lowest BCUT2D eigenvalue weighted by atomic mass is 10.0. The maximum atomic E-state index is 11.0. The van der Waals surface area contributed by atoms with Gasteiger partial charge in [-0.3, -0.25) is 4.79 Å². The molecule has 1 aromatic rings. The molecule has 1 fully saturated rings. The molecule has 4 nitrogen and oxygen atoms in total. The quantitative estimate of drug-likeness (QED) is 0.766. The zero-order valence-corrected chi connectivity index (χ0v) is 9.35. The van der Waals surface area contributed by atoms with Crippen LogP contribution >= 0.6 is 0 Å². The minimum atomic E-state index is 0.112. The molecule has 1 N–H and O–H groups in total. The van der Waals surface area contributed by atoms with Crippen molar-refractivity contribution in [2.45, 2.75) is 6.04 Å². The molecule has 0 spiro atoms. The molecule has 4 heteroatoms. The molecular weight excluding hydrogens is 204 g/mol. The van der Waals surface area contributed by atoms with Gasteiger partial charge in [0, 0.05) is 19.6 Å². The smallest absolute Gasteiger partial charge is 0.210 e. The van der Waals surface area contributed by atoms with Crippen molar-refractivity contribution in [3.05, 3.63) is 29.8 Å². The highest BCUT2D eigenvalue weighted by Crippen LogP contribution is 2.24. The van der Waals surface area contributed by atoms with E-state index in [1.54, 1.807) is 7.11 Å². The number of piperazine rings is 1. The standard InChI is InChI=1S/C12H16N2O2/c1-16-11-4-2-3-10(7-11)12-8-13-5-6-14(12)9-15/h2-4,7,9,12-13H,5-6,8H2,1H3. The zero-order chi connectivity index (χ0) is 11.4. The number of nitrogens with zero attached hydrogens (tertiary/aromatic N) is 1. The van der Waals surface area contributed by atoms with E-state index >= 15 is 0 Å². The number of carbonyl (C=O) groups is 1. The summed E-state index contributed by atoms with van der Waals surface area (Å²) in [4.78, 5) is 12.8. The molecule has 1 aromatic carbocycles. The third-order valence-electron chi connectivity index (χ3n) is 2.90. The molecule has 1 unspecified atom stereocenters. The van der Waals surface area contributed by atoms with Crippen molar-refractivity contribution in [3.8, 4) is 5.75 Å². The van der Waals surface area contributed by atoms with Crippen LogP contribution in [-0.2, 0) is 4.79 Å². The van der Waals surface area contributed by atoms with Crippen molar-refractivity contribution in [1.82, 2.24) is 10.2 Å². The van der Waals surface area contributed by atoms with Crippen molar-refractivity contribution >= 4 is 6.41 Å². The number of benzene rings is 1. The van der Waals surface area contributed by atoms with Crippen LogP contribution in [0.5, 0.6) is 5.75 Å². The largest absolute Gasteiger partial charge is 0.497 e. The average Bonchev–Trinajstić information content (AvgIpc) is 2.38. The third-order valence-corrected chi connectivity index (χ3v) is 2.90. The Morgan fingerprint density at radius 2 is 2.44 bits per heavy atom. The molecule has 0 aliphatic carbocycles.